The van der Waals surface area contributed by atoms with Crippen molar-refractivity contribution in [1.29, 1.82) is 0 Å². The molecule has 102 valence electrons. The molecular formula is C14H20N3O2+. The SMILES string of the molecule is CCc1ccccc1NC(=O)C[NH+]1CCNC(=O)C1. The maximum absolute atomic E-state index is 12.0. The van der Waals surface area contributed by atoms with Gasteiger partial charge in [-0.15, -0.1) is 0 Å². The summed E-state index contributed by atoms with van der Waals surface area (Å²) in [5.41, 5.74) is 2.00. The number of benzene rings is 1. The summed E-state index contributed by atoms with van der Waals surface area (Å²) in [5, 5.41) is 5.69. The van der Waals surface area contributed by atoms with Crippen LogP contribution in [0.15, 0.2) is 24.3 Å². The van der Waals surface area contributed by atoms with Crippen molar-refractivity contribution in [3.8, 4) is 0 Å². The quantitative estimate of drug-likeness (QED) is 0.665. The Hall–Kier alpha value is -1.88. The van der Waals surface area contributed by atoms with Crippen molar-refractivity contribution >= 4 is 17.5 Å². The third-order valence-electron chi connectivity index (χ3n) is 3.29. The molecule has 5 heteroatoms. The molecule has 1 aromatic carbocycles. The number of hydrogen-bond acceptors (Lipinski definition) is 2. The number of amides is 2. The molecule has 1 aromatic rings. The zero-order valence-corrected chi connectivity index (χ0v) is 11.2. The van der Waals surface area contributed by atoms with Crippen LogP contribution < -0.4 is 15.5 Å². The average molecular weight is 262 g/mol. The number of carbonyl (C=O) groups excluding carboxylic acids is 2. The first kappa shape index (κ1) is 13.5. The Bertz CT molecular complexity index is 474. The van der Waals surface area contributed by atoms with Crippen LogP contribution in [-0.2, 0) is 16.0 Å². The van der Waals surface area contributed by atoms with E-state index in [4.69, 9.17) is 0 Å². The van der Waals surface area contributed by atoms with Crippen molar-refractivity contribution in [2.45, 2.75) is 13.3 Å². The highest BCUT2D eigenvalue weighted by Crippen LogP contribution is 2.14. The van der Waals surface area contributed by atoms with Gasteiger partial charge in [-0.1, -0.05) is 25.1 Å². The van der Waals surface area contributed by atoms with Gasteiger partial charge in [0, 0.05) is 5.69 Å². The van der Waals surface area contributed by atoms with Crippen molar-refractivity contribution in [3.05, 3.63) is 29.8 Å². The lowest BCUT2D eigenvalue weighted by molar-refractivity contribution is -0.885. The van der Waals surface area contributed by atoms with E-state index in [-0.39, 0.29) is 11.8 Å². The van der Waals surface area contributed by atoms with Crippen LogP contribution in [-0.4, -0.2) is 38.0 Å². The Balaban J connectivity index is 1.92. The summed E-state index contributed by atoms with van der Waals surface area (Å²) < 4.78 is 0. The summed E-state index contributed by atoms with van der Waals surface area (Å²) >= 11 is 0. The first-order chi connectivity index (χ1) is 9.19. The molecule has 0 bridgehead atoms. The molecule has 0 aromatic heterocycles. The van der Waals surface area contributed by atoms with E-state index in [2.05, 4.69) is 17.6 Å². The molecule has 1 saturated heterocycles. The molecule has 5 nitrogen and oxygen atoms in total. The number of nitrogens with one attached hydrogen (secondary N) is 3. The lowest BCUT2D eigenvalue weighted by Crippen LogP contribution is -3.16. The second-order valence-electron chi connectivity index (χ2n) is 4.76. The van der Waals surface area contributed by atoms with Gasteiger partial charge in [0.05, 0.1) is 13.1 Å². The van der Waals surface area contributed by atoms with Crippen LogP contribution in [0.25, 0.3) is 0 Å². The normalized spacial score (nSPS) is 18.8. The van der Waals surface area contributed by atoms with Crippen LogP contribution in [0.2, 0.25) is 0 Å². The molecular weight excluding hydrogens is 242 g/mol. The van der Waals surface area contributed by atoms with Crippen LogP contribution >= 0.6 is 0 Å². The molecule has 1 unspecified atom stereocenters. The van der Waals surface area contributed by atoms with Gasteiger partial charge in [-0.2, -0.15) is 0 Å². The predicted octanol–water partition coefficient (Wildman–Crippen LogP) is -0.798. The largest absolute Gasteiger partial charge is 0.346 e. The Labute approximate surface area is 113 Å². The minimum atomic E-state index is -0.0365. The fourth-order valence-corrected chi connectivity index (χ4v) is 2.28. The summed E-state index contributed by atoms with van der Waals surface area (Å²) in [7, 11) is 0. The Morgan fingerprint density at radius 2 is 2.21 bits per heavy atom. The minimum Gasteiger partial charge on any atom is -0.346 e. The third-order valence-corrected chi connectivity index (χ3v) is 3.29. The zero-order chi connectivity index (χ0) is 13.7. The van der Waals surface area contributed by atoms with Gasteiger partial charge in [0.25, 0.3) is 11.8 Å². The van der Waals surface area contributed by atoms with Crippen LogP contribution in [0, 0.1) is 0 Å². The summed E-state index contributed by atoms with van der Waals surface area (Å²) in [6, 6.07) is 7.80. The van der Waals surface area contributed by atoms with E-state index in [0.29, 0.717) is 19.6 Å². The molecule has 0 radical (unpaired) electrons. The number of carbonyl (C=O) groups is 2. The molecule has 2 amide bonds. The monoisotopic (exact) mass is 262 g/mol. The second-order valence-corrected chi connectivity index (χ2v) is 4.76. The second kappa shape index (κ2) is 6.33. The number of hydrogen-bond donors (Lipinski definition) is 3. The molecule has 1 heterocycles. The van der Waals surface area contributed by atoms with Gasteiger partial charge in [-0.3, -0.25) is 9.59 Å². The maximum Gasteiger partial charge on any atom is 0.279 e. The van der Waals surface area contributed by atoms with Crippen LogP contribution in [0.3, 0.4) is 0 Å². The lowest BCUT2D eigenvalue weighted by Gasteiger charge is -2.23. The summed E-state index contributed by atoms with van der Waals surface area (Å²) in [4.78, 5) is 24.3. The highest BCUT2D eigenvalue weighted by atomic mass is 16.2. The van der Waals surface area contributed by atoms with Crippen molar-refractivity contribution in [2.24, 2.45) is 0 Å². The third kappa shape index (κ3) is 3.79. The number of anilines is 1. The summed E-state index contributed by atoms with van der Waals surface area (Å²) in [5.74, 6) is -0.0198. The lowest BCUT2D eigenvalue weighted by atomic mass is 10.1. The standard InChI is InChI=1S/C14H19N3O2/c1-2-11-5-3-4-6-12(11)16-14(19)10-17-8-7-15-13(18)9-17/h3-6H,2,7-10H2,1H3,(H,15,18)(H,16,19)/p+1. The molecule has 0 saturated carbocycles. The highest BCUT2D eigenvalue weighted by Gasteiger charge is 2.22. The topological polar surface area (TPSA) is 62.6 Å². The maximum atomic E-state index is 12.0. The van der Waals surface area contributed by atoms with Crippen LogP contribution in [0.1, 0.15) is 12.5 Å². The number of rotatable bonds is 4. The molecule has 0 aliphatic carbocycles. The van der Waals surface area contributed by atoms with Gasteiger partial charge in [0.1, 0.15) is 0 Å². The predicted molar refractivity (Wildman–Crippen MR) is 73.0 cm³/mol. The molecule has 1 atom stereocenters. The van der Waals surface area contributed by atoms with E-state index in [9.17, 15) is 9.59 Å². The van der Waals surface area contributed by atoms with E-state index in [1.807, 2.05) is 24.3 Å². The van der Waals surface area contributed by atoms with E-state index < -0.39 is 0 Å². The molecule has 2 rings (SSSR count). The van der Waals surface area contributed by atoms with Crippen LogP contribution in [0.5, 0.6) is 0 Å². The van der Waals surface area contributed by atoms with E-state index in [0.717, 1.165) is 29.1 Å². The Morgan fingerprint density at radius 1 is 1.42 bits per heavy atom. The fourth-order valence-electron chi connectivity index (χ4n) is 2.28. The molecule has 1 fully saturated rings. The minimum absolute atomic E-state index is 0.0167. The number of quaternary nitrogens is 1. The Kier molecular flexibility index (Phi) is 4.52. The molecule has 0 spiro atoms. The Morgan fingerprint density at radius 3 is 2.95 bits per heavy atom. The summed E-state index contributed by atoms with van der Waals surface area (Å²) in [6.07, 6.45) is 0.884. The van der Waals surface area contributed by atoms with Gasteiger partial charge in [0.15, 0.2) is 13.1 Å². The van der Waals surface area contributed by atoms with E-state index >= 15 is 0 Å². The average Bonchev–Trinajstić information content (AvgIpc) is 2.39. The number of piperazine rings is 1. The van der Waals surface area contributed by atoms with Gasteiger partial charge < -0.3 is 15.5 Å². The molecule has 19 heavy (non-hydrogen) atoms. The first-order valence-corrected chi connectivity index (χ1v) is 6.67. The zero-order valence-electron chi connectivity index (χ0n) is 11.2. The summed E-state index contributed by atoms with van der Waals surface area (Å²) in [6.45, 7) is 4.22. The molecule has 1 aliphatic rings. The highest BCUT2D eigenvalue weighted by molar-refractivity contribution is 5.92. The van der Waals surface area contributed by atoms with Crippen molar-refractivity contribution < 1.29 is 14.5 Å². The molecule has 1 aliphatic heterocycles. The van der Waals surface area contributed by atoms with Gasteiger partial charge >= 0.3 is 0 Å². The van der Waals surface area contributed by atoms with Crippen molar-refractivity contribution in [2.75, 3.05) is 31.5 Å². The molecule has 3 N–H and O–H groups in total. The van der Waals surface area contributed by atoms with Gasteiger partial charge in [-0.25, -0.2) is 0 Å². The fraction of sp³-hybridized carbons (Fsp3) is 0.429. The first-order valence-electron chi connectivity index (χ1n) is 6.67. The number of aryl methyl sites for hydroxylation is 1. The van der Waals surface area contributed by atoms with Crippen LogP contribution in [0.4, 0.5) is 5.69 Å². The smallest absolute Gasteiger partial charge is 0.279 e. The van der Waals surface area contributed by atoms with E-state index in [1.165, 1.54) is 0 Å². The van der Waals surface area contributed by atoms with Gasteiger partial charge in [0.2, 0.25) is 0 Å². The van der Waals surface area contributed by atoms with Crippen molar-refractivity contribution in [1.82, 2.24) is 5.32 Å². The van der Waals surface area contributed by atoms with Crippen molar-refractivity contribution in [3.63, 3.8) is 0 Å². The van der Waals surface area contributed by atoms with E-state index in [1.54, 1.807) is 0 Å². The number of para-hydroxylation sites is 1. The van der Waals surface area contributed by atoms with Gasteiger partial charge in [-0.05, 0) is 18.1 Å².